The van der Waals surface area contributed by atoms with Crippen LogP contribution in [0.3, 0.4) is 0 Å². The maximum Gasteiger partial charge on any atom is 0.416 e. The number of aliphatic hydroxyl groups excluding tert-OH is 1. The number of alkyl halides is 3. The maximum absolute atomic E-state index is 12.8. The first kappa shape index (κ1) is 26.0. The Bertz CT molecular complexity index is 1080. The molecule has 2 N–H and O–H groups in total. The van der Waals surface area contributed by atoms with Crippen LogP contribution in [0, 0.1) is 11.8 Å². The second kappa shape index (κ2) is 11.2. The van der Waals surface area contributed by atoms with E-state index in [1.165, 1.54) is 12.1 Å². The molecule has 1 fully saturated rings. The Morgan fingerprint density at radius 2 is 1.77 bits per heavy atom. The molecule has 1 aliphatic carbocycles. The first-order chi connectivity index (χ1) is 16.5. The minimum absolute atomic E-state index is 0.0134. The third kappa shape index (κ3) is 7.16. The standard InChI is InChI=1S/C25H23F3O7/c26-25(27,28)16-7-4-8-18(11-16)34-14-17(29)9-10-19-20(12-23(31)32)21(30)13-22(19)35-24(33)15-5-2-1-3-6-15/h1-11,19-22,30H,12-14H2,(H,31,32)/b10-9+/t19-,20-,21+,22-/m1/s1. The molecule has 186 valence electrons. The number of benzene rings is 2. The molecule has 35 heavy (non-hydrogen) atoms. The molecule has 1 aliphatic rings. The fourth-order valence-corrected chi connectivity index (χ4v) is 3.93. The molecule has 0 saturated heterocycles. The van der Waals surface area contributed by atoms with Crippen LogP contribution >= 0.6 is 0 Å². The predicted molar refractivity (Wildman–Crippen MR) is 117 cm³/mol. The van der Waals surface area contributed by atoms with Crippen molar-refractivity contribution in [3.8, 4) is 5.75 Å². The highest BCUT2D eigenvalue weighted by molar-refractivity contribution is 5.91. The number of hydrogen-bond acceptors (Lipinski definition) is 6. The van der Waals surface area contributed by atoms with Crippen LogP contribution in [0.4, 0.5) is 13.2 Å². The van der Waals surface area contributed by atoms with E-state index < -0.39 is 66.5 Å². The van der Waals surface area contributed by atoms with Gasteiger partial charge in [-0.1, -0.05) is 30.3 Å². The molecule has 10 heteroatoms. The number of carboxylic acids is 1. The quantitative estimate of drug-likeness (QED) is 0.404. The van der Waals surface area contributed by atoms with Gasteiger partial charge < -0.3 is 19.7 Å². The van der Waals surface area contributed by atoms with E-state index >= 15 is 0 Å². The van der Waals surface area contributed by atoms with Crippen LogP contribution in [0.1, 0.15) is 28.8 Å². The van der Waals surface area contributed by atoms with Crippen LogP contribution in [0.5, 0.6) is 5.75 Å². The van der Waals surface area contributed by atoms with Gasteiger partial charge in [0.15, 0.2) is 12.4 Å². The summed E-state index contributed by atoms with van der Waals surface area (Å²) in [5.74, 6) is -4.15. The molecular weight excluding hydrogens is 469 g/mol. The van der Waals surface area contributed by atoms with Crippen LogP contribution < -0.4 is 4.74 Å². The normalized spacial score (nSPS) is 22.2. The van der Waals surface area contributed by atoms with Gasteiger partial charge in [0.2, 0.25) is 0 Å². The molecule has 4 atom stereocenters. The summed E-state index contributed by atoms with van der Waals surface area (Å²) in [6, 6.07) is 12.2. The molecule has 0 aromatic heterocycles. The van der Waals surface area contributed by atoms with Crippen molar-refractivity contribution in [1.29, 1.82) is 0 Å². The van der Waals surface area contributed by atoms with E-state index in [9.17, 15) is 37.8 Å². The molecular formula is C25H23F3O7. The molecule has 2 aromatic carbocycles. The van der Waals surface area contributed by atoms with Gasteiger partial charge in [-0.05, 0) is 36.4 Å². The summed E-state index contributed by atoms with van der Waals surface area (Å²) in [4.78, 5) is 36.0. The highest BCUT2D eigenvalue weighted by Crippen LogP contribution is 2.38. The summed E-state index contributed by atoms with van der Waals surface area (Å²) in [7, 11) is 0. The van der Waals surface area contributed by atoms with Gasteiger partial charge in [-0.25, -0.2) is 4.79 Å². The number of carbonyl (C=O) groups is 3. The number of hydrogen-bond donors (Lipinski definition) is 2. The number of ketones is 1. The van der Waals surface area contributed by atoms with Gasteiger partial charge in [0.25, 0.3) is 0 Å². The van der Waals surface area contributed by atoms with Crippen LogP contribution in [0.25, 0.3) is 0 Å². The number of esters is 1. The van der Waals surface area contributed by atoms with Gasteiger partial charge >= 0.3 is 18.1 Å². The first-order valence-electron chi connectivity index (χ1n) is 10.7. The lowest BCUT2D eigenvalue weighted by Gasteiger charge is -2.21. The van der Waals surface area contributed by atoms with E-state index in [2.05, 4.69) is 0 Å². The highest BCUT2D eigenvalue weighted by atomic mass is 19.4. The smallest absolute Gasteiger partial charge is 0.416 e. The van der Waals surface area contributed by atoms with E-state index in [0.717, 1.165) is 24.3 Å². The second-order valence-electron chi connectivity index (χ2n) is 8.09. The van der Waals surface area contributed by atoms with Crippen molar-refractivity contribution >= 4 is 17.7 Å². The Kier molecular flexibility index (Phi) is 8.29. The second-order valence-corrected chi connectivity index (χ2v) is 8.09. The number of rotatable bonds is 9. The third-order valence-electron chi connectivity index (χ3n) is 5.62. The molecule has 0 unspecified atom stereocenters. The monoisotopic (exact) mass is 492 g/mol. The Labute approximate surface area is 198 Å². The fourth-order valence-electron chi connectivity index (χ4n) is 3.93. The van der Waals surface area contributed by atoms with Gasteiger partial charge in [0, 0.05) is 18.3 Å². The molecule has 1 saturated carbocycles. The zero-order valence-electron chi connectivity index (χ0n) is 18.4. The summed E-state index contributed by atoms with van der Waals surface area (Å²) in [5.41, 5.74) is -0.644. The van der Waals surface area contributed by atoms with Crippen LogP contribution in [0.15, 0.2) is 66.7 Å². The van der Waals surface area contributed by atoms with Gasteiger partial charge in [-0.15, -0.1) is 0 Å². The Balaban J connectivity index is 1.69. The molecule has 0 amide bonds. The van der Waals surface area contributed by atoms with E-state index in [0.29, 0.717) is 0 Å². The lowest BCUT2D eigenvalue weighted by atomic mass is 9.90. The maximum atomic E-state index is 12.8. The van der Waals surface area contributed by atoms with Crippen LogP contribution in [-0.4, -0.2) is 46.7 Å². The topological polar surface area (TPSA) is 110 Å². The van der Waals surface area contributed by atoms with E-state index in [4.69, 9.17) is 9.47 Å². The minimum atomic E-state index is -4.56. The summed E-state index contributed by atoms with van der Waals surface area (Å²) in [5, 5.41) is 19.6. The Hall–Kier alpha value is -3.66. The Morgan fingerprint density at radius 3 is 2.43 bits per heavy atom. The average Bonchev–Trinajstić information content (AvgIpc) is 3.09. The molecule has 0 radical (unpaired) electrons. The number of carbonyl (C=O) groups excluding carboxylic acids is 2. The van der Waals surface area contributed by atoms with Crippen LogP contribution in [0.2, 0.25) is 0 Å². The molecule has 3 rings (SSSR count). The SMILES string of the molecule is O=C(O)C[C@@H]1[C@@H](/C=C/C(=O)COc2cccc(C(F)(F)F)c2)[C@H](OC(=O)c2ccccc2)C[C@@H]1O. The lowest BCUT2D eigenvalue weighted by molar-refractivity contribution is -0.139. The van der Waals surface area contributed by atoms with Crippen molar-refractivity contribution in [1.82, 2.24) is 0 Å². The number of carboxylic acid groups (broad SMARTS) is 1. The van der Waals surface area contributed by atoms with Crippen molar-refractivity contribution < 1.29 is 47.2 Å². The van der Waals surface area contributed by atoms with Crippen molar-refractivity contribution in [2.45, 2.75) is 31.2 Å². The number of aliphatic carboxylic acids is 1. The zero-order valence-corrected chi connectivity index (χ0v) is 18.4. The number of halogens is 3. The van der Waals surface area contributed by atoms with Gasteiger partial charge in [0.05, 0.1) is 23.7 Å². The highest BCUT2D eigenvalue weighted by Gasteiger charge is 2.44. The molecule has 0 spiro atoms. The van der Waals surface area contributed by atoms with E-state index in [1.54, 1.807) is 30.3 Å². The summed E-state index contributed by atoms with van der Waals surface area (Å²) >= 11 is 0. The molecule has 2 aromatic rings. The van der Waals surface area contributed by atoms with Crippen molar-refractivity contribution in [2.24, 2.45) is 11.8 Å². The summed E-state index contributed by atoms with van der Waals surface area (Å²) in [6.07, 6.45) is -4.50. The van der Waals surface area contributed by atoms with Gasteiger partial charge in [0.1, 0.15) is 11.9 Å². The molecule has 7 nitrogen and oxygen atoms in total. The third-order valence-corrected chi connectivity index (χ3v) is 5.62. The van der Waals surface area contributed by atoms with Crippen LogP contribution in [-0.2, 0) is 20.5 Å². The summed E-state index contributed by atoms with van der Waals surface area (Å²) in [6.45, 7) is -0.564. The van der Waals surface area contributed by atoms with E-state index in [-0.39, 0.29) is 17.7 Å². The van der Waals surface area contributed by atoms with E-state index in [1.807, 2.05) is 0 Å². The number of aliphatic hydroxyl groups is 1. The minimum Gasteiger partial charge on any atom is -0.485 e. The van der Waals surface area contributed by atoms with Gasteiger partial charge in [-0.3, -0.25) is 9.59 Å². The lowest BCUT2D eigenvalue weighted by Crippen LogP contribution is -2.26. The molecule has 0 bridgehead atoms. The largest absolute Gasteiger partial charge is 0.485 e. The predicted octanol–water partition coefficient (Wildman–Crippen LogP) is 3.91. The molecule has 0 aliphatic heterocycles. The van der Waals surface area contributed by atoms with Crippen molar-refractivity contribution in [3.05, 3.63) is 77.9 Å². The zero-order chi connectivity index (χ0) is 25.6. The molecule has 0 heterocycles. The first-order valence-corrected chi connectivity index (χ1v) is 10.7. The number of ether oxygens (including phenoxy) is 2. The van der Waals surface area contributed by atoms with Crippen molar-refractivity contribution in [3.63, 3.8) is 0 Å². The van der Waals surface area contributed by atoms with Gasteiger partial charge in [-0.2, -0.15) is 13.2 Å². The fraction of sp³-hybridized carbons (Fsp3) is 0.320. The average molecular weight is 492 g/mol. The summed E-state index contributed by atoms with van der Waals surface area (Å²) < 4.78 is 49.1. The Morgan fingerprint density at radius 1 is 1.06 bits per heavy atom. The van der Waals surface area contributed by atoms with Crippen molar-refractivity contribution in [2.75, 3.05) is 6.61 Å².